The summed E-state index contributed by atoms with van der Waals surface area (Å²) < 4.78 is 4.53. The molecule has 0 aromatic carbocycles. The van der Waals surface area contributed by atoms with Crippen molar-refractivity contribution in [3.05, 3.63) is 22.4 Å². The predicted octanol–water partition coefficient (Wildman–Crippen LogP) is 0.255. The van der Waals surface area contributed by atoms with Crippen LogP contribution in [0.3, 0.4) is 0 Å². The number of amides is 3. The van der Waals surface area contributed by atoms with Crippen LogP contribution in [0.1, 0.15) is 16.6 Å². The second-order valence-corrected chi connectivity index (χ2v) is 4.00. The number of carbonyl (C=O) groups is 3. The molecule has 0 spiro atoms. The lowest BCUT2D eigenvalue weighted by molar-refractivity contribution is -0.121. The normalized spacial score (nSPS) is 9.39. The summed E-state index contributed by atoms with van der Waals surface area (Å²) in [5.74, 6) is -0.885. The van der Waals surface area contributed by atoms with Crippen molar-refractivity contribution in [2.45, 2.75) is 6.92 Å². The van der Waals surface area contributed by atoms with Gasteiger partial charge in [0.2, 0.25) is 0 Å². The van der Waals surface area contributed by atoms with Gasteiger partial charge in [0, 0.05) is 0 Å². The number of hydrogen-bond acceptors (Lipinski definition) is 5. The largest absolute Gasteiger partial charge is 0.449 e. The van der Waals surface area contributed by atoms with Crippen LogP contribution in [0.4, 0.5) is 4.79 Å². The monoisotopic (exact) mass is 271 g/mol. The Kier molecular flexibility index (Phi) is 5.65. The zero-order chi connectivity index (χ0) is 13.4. The topological polar surface area (TPSA) is 96.5 Å². The van der Waals surface area contributed by atoms with Crippen LogP contribution in [-0.4, -0.2) is 31.1 Å². The van der Waals surface area contributed by atoms with Gasteiger partial charge in [0.1, 0.15) is 0 Å². The van der Waals surface area contributed by atoms with E-state index in [0.29, 0.717) is 4.88 Å². The first-order valence-electron chi connectivity index (χ1n) is 5.16. The molecule has 0 aliphatic carbocycles. The first kappa shape index (κ1) is 14.0. The Balaban J connectivity index is 2.21. The van der Waals surface area contributed by atoms with Gasteiger partial charge in [-0.15, -0.1) is 11.3 Å². The average molecular weight is 271 g/mol. The summed E-state index contributed by atoms with van der Waals surface area (Å²) in [5.41, 5.74) is 4.13. The van der Waals surface area contributed by atoms with Crippen molar-refractivity contribution in [2.75, 3.05) is 13.2 Å². The summed E-state index contributed by atoms with van der Waals surface area (Å²) >= 11 is 1.27. The SMILES string of the molecule is CCOC(=O)NNC(=O)CNC(=O)c1cccs1. The first-order valence-corrected chi connectivity index (χ1v) is 6.04. The lowest BCUT2D eigenvalue weighted by Crippen LogP contribution is -2.46. The lowest BCUT2D eigenvalue weighted by Gasteiger charge is -2.07. The van der Waals surface area contributed by atoms with E-state index in [9.17, 15) is 14.4 Å². The van der Waals surface area contributed by atoms with Gasteiger partial charge in [-0.05, 0) is 18.4 Å². The minimum Gasteiger partial charge on any atom is -0.449 e. The van der Waals surface area contributed by atoms with Gasteiger partial charge < -0.3 is 10.1 Å². The molecular formula is C10H13N3O4S. The van der Waals surface area contributed by atoms with Gasteiger partial charge in [0.25, 0.3) is 11.8 Å². The maximum absolute atomic E-state index is 11.5. The Hall–Kier alpha value is -2.09. The molecule has 1 heterocycles. The van der Waals surface area contributed by atoms with Crippen molar-refractivity contribution < 1.29 is 19.1 Å². The third-order valence-corrected chi connectivity index (χ3v) is 2.60. The molecule has 98 valence electrons. The second-order valence-electron chi connectivity index (χ2n) is 3.05. The number of rotatable bonds is 4. The van der Waals surface area contributed by atoms with Crippen LogP contribution in [0.15, 0.2) is 17.5 Å². The van der Waals surface area contributed by atoms with Crippen LogP contribution >= 0.6 is 11.3 Å². The Bertz CT molecular complexity index is 419. The van der Waals surface area contributed by atoms with Gasteiger partial charge in [-0.2, -0.15) is 0 Å². The lowest BCUT2D eigenvalue weighted by atomic mass is 10.4. The molecule has 0 fully saturated rings. The van der Waals surface area contributed by atoms with Crippen LogP contribution in [-0.2, 0) is 9.53 Å². The van der Waals surface area contributed by atoms with E-state index in [1.807, 2.05) is 5.43 Å². The Morgan fingerprint density at radius 3 is 2.72 bits per heavy atom. The average Bonchev–Trinajstić information content (AvgIpc) is 2.87. The first-order chi connectivity index (χ1) is 8.63. The third-order valence-electron chi connectivity index (χ3n) is 1.73. The molecule has 18 heavy (non-hydrogen) atoms. The van der Waals surface area contributed by atoms with Gasteiger partial charge in [-0.3, -0.25) is 15.0 Å². The standard InChI is InChI=1S/C10H13N3O4S/c1-2-17-10(16)13-12-8(14)6-11-9(15)7-4-3-5-18-7/h3-5H,2,6H2,1H3,(H,11,15)(H,12,14)(H,13,16). The van der Waals surface area contributed by atoms with Crippen molar-refractivity contribution >= 4 is 29.2 Å². The number of nitrogens with one attached hydrogen (secondary N) is 3. The molecule has 1 rings (SSSR count). The number of ether oxygens (including phenoxy) is 1. The Morgan fingerprint density at radius 2 is 2.11 bits per heavy atom. The molecule has 0 aliphatic heterocycles. The van der Waals surface area contributed by atoms with Crippen LogP contribution in [0.2, 0.25) is 0 Å². The van der Waals surface area contributed by atoms with Gasteiger partial charge in [0.15, 0.2) is 0 Å². The molecule has 1 aromatic heterocycles. The molecule has 0 unspecified atom stereocenters. The van der Waals surface area contributed by atoms with Crippen LogP contribution in [0.25, 0.3) is 0 Å². The second kappa shape index (κ2) is 7.28. The van der Waals surface area contributed by atoms with E-state index in [0.717, 1.165) is 0 Å². The van der Waals surface area contributed by atoms with E-state index in [2.05, 4.69) is 15.5 Å². The van der Waals surface area contributed by atoms with Crippen LogP contribution in [0, 0.1) is 0 Å². The highest BCUT2D eigenvalue weighted by molar-refractivity contribution is 7.12. The smallest absolute Gasteiger partial charge is 0.426 e. The zero-order valence-corrected chi connectivity index (χ0v) is 10.5. The van der Waals surface area contributed by atoms with Gasteiger partial charge in [-0.1, -0.05) is 6.07 Å². The summed E-state index contributed by atoms with van der Waals surface area (Å²) in [6, 6.07) is 3.39. The summed E-state index contributed by atoms with van der Waals surface area (Å²) in [6.07, 6.45) is -0.754. The van der Waals surface area contributed by atoms with E-state index in [1.54, 1.807) is 24.4 Å². The van der Waals surface area contributed by atoms with E-state index in [4.69, 9.17) is 0 Å². The number of hydrazine groups is 1. The maximum atomic E-state index is 11.5. The predicted molar refractivity (Wildman–Crippen MR) is 65.0 cm³/mol. The van der Waals surface area contributed by atoms with E-state index in [1.165, 1.54) is 11.3 Å². The molecule has 0 saturated carbocycles. The van der Waals surface area contributed by atoms with Gasteiger partial charge in [-0.25, -0.2) is 10.2 Å². The Labute approximate surface area is 107 Å². The molecule has 3 amide bonds. The fourth-order valence-electron chi connectivity index (χ4n) is 0.988. The summed E-state index contributed by atoms with van der Waals surface area (Å²) in [7, 11) is 0. The summed E-state index contributed by atoms with van der Waals surface area (Å²) in [6.45, 7) is 1.61. The van der Waals surface area contributed by atoms with Crippen LogP contribution < -0.4 is 16.2 Å². The van der Waals surface area contributed by atoms with Crippen molar-refractivity contribution in [2.24, 2.45) is 0 Å². The van der Waals surface area contributed by atoms with E-state index >= 15 is 0 Å². The minimum absolute atomic E-state index is 0.205. The summed E-state index contributed by atoms with van der Waals surface area (Å²) in [4.78, 5) is 34.0. The quantitative estimate of drug-likeness (QED) is 0.684. The fourth-order valence-corrected chi connectivity index (χ4v) is 1.63. The zero-order valence-electron chi connectivity index (χ0n) is 9.69. The number of hydrogen-bond donors (Lipinski definition) is 3. The molecule has 7 nitrogen and oxygen atoms in total. The highest BCUT2D eigenvalue weighted by Crippen LogP contribution is 2.07. The number of thiophene rings is 1. The minimum atomic E-state index is -0.754. The number of carbonyl (C=O) groups excluding carboxylic acids is 3. The molecule has 0 bridgehead atoms. The summed E-state index contributed by atoms with van der Waals surface area (Å²) in [5, 5.41) is 4.17. The van der Waals surface area contributed by atoms with Crippen molar-refractivity contribution in [1.82, 2.24) is 16.2 Å². The molecule has 8 heteroatoms. The molecule has 0 atom stereocenters. The molecule has 1 aromatic rings. The maximum Gasteiger partial charge on any atom is 0.426 e. The Morgan fingerprint density at radius 1 is 1.33 bits per heavy atom. The molecular weight excluding hydrogens is 258 g/mol. The van der Waals surface area contributed by atoms with Gasteiger partial charge >= 0.3 is 6.09 Å². The van der Waals surface area contributed by atoms with E-state index in [-0.39, 0.29) is 19.1 Å². The van der Waals surface area contributed by atoms with Gasteiger partial charge in [0.05, 0.1) is 18.0 Å². The molecule has 0 radical (unpaired) electrons. The molecule has 0 aliphatic rings. The fraction of sp³-hybridized carbons (Fsp3) is 0.300. The third kappa shape index (κ3) is 4.83. The van der Waals surface area contributed by atoms with Crippen molar-refractivity contribution in [3.8, 4) is 0 Å². The van der Waals surface area contributed by atoms with Crippen molar-refractivity contribution in [1.29, 1.82) is 0 Å². The van der Waals surface area contributed by atoms with Crippen LogP contribution in [0.5, 0.6) is 0 Å². The highest BCUT2D eigenvalue weighted by Gasteiger charge is 2.09. The molecule has 3 N–H and O–H groups in total. The van der Waals surface area contributed by atoms with Crippen molar-refractivity contribution in [3.63, 3.8) is 0 Å². The molecule has 0 saturated heterocycles. The van der Waals surface area contributed by atoms with E-state index < -0.39 is 12.0 Å². The highest BCUT2D eigenvalue weighted by atomic mass is 32.1.